The molecule has 1 saturated heterocycles. The third-order valence-corrected chi connectivity index (χ3v) is 4.26. The summed E-state index contributed by atoms with van der Waals surface area (Å²) in [6, 6.07) is 5.90. The van der Waals surface area contributed by atoms with Crippen LogP contribution in [-0.4, -0.2) is 34.1 Å². The predicted octanol–water partition coefficient (Wildman–Crippen LogP) is 3.29. The van der Waals surface area contributed by atoms with Gasteiger partial charge in [0.15, 0.2) is 5.82 Å². The highest BCUT2D eigenvalue weighted by Crippen LogP contribution is 2.30. The Kier molecular flexibility index (Phi) is 5.63. The molecule has 0 aliphatic carbocycles. The second-order valence-electron chi connectivity index (χ2n) is 6.05. The van der Waals surface area contributed by atoms with E-state index in [2.05, 4.69) is 10.1 Å². The lowest BCUT2D eigenvalue weighted by Crippen LogP contribution is -2.31. The van der Waals surface area contributed by atoms with Gasteiger partial charge in [0.2, 0.25) is 11.8 Å². The van der Waals surface area contributed by atoms with E-state index in [0.29, 0.717) is 49.9 Å². The number of aryl methyl sites for hydroxylation is 1. The van der Waals surface area contributed by atoms with E-state index in [-0.39, 0.29) is 17.8 Å². The van der Waals surface area contributed by atoms with Gasteiger partial charge in [0.05, 0.1) is 12.6 Å². The maximum Gasteiger partial charge on any atom is 0.226 e. The van der Waals surface area contributed by atoms with Gasteiger partial charge in [0.1, 0.15) is 11.6 Å². The molecule has 7 heteroatoms. The van der Waals surface area contributed by atoms with Crippen molar-refractivity contribution in [1.82, 2.24) is 15.0 Å². The quantitative estimate of drug-likeness (QED) is 0.719. The number of rotatable bonds is 7. The van der Waals surface area contributed by atoms with Crippen LogP contribution in [0.5, 0.6) is 5.75 Å². The SMILES string of the molecule is CCc1nc([C@H]2CCCN2C(=O)CCCOc2cccc(F)c2)no1. The topological polar surface area (TPSA) is 68.5 Å². The number of carbonyl (C=O) groups excluding carboxylic acids is 1. The van der Waals surface area contributed by atoms with Crippen LogP contribution in [-0.2, 0) is 11.2 Å². The average molecular weight is 347 g/mol. The number of amides is 1. The van der Waals surface area contributed by atoms with Crippen LogP contribution in [0.3, 0.4) is 0 Å². The Balaban J connectivity index is 1.48. The minimum atomic E-state index is -0.333. The summed E-state index contributed by atoms with van der Waals surface area (Å²) < 4.78 is 23.7. The van der Waals surface area contributed by atoms with Crippen LogP contribution >= 0.6 is 0 Å². The largest absolute Gasteiger partial charge is 0.493 e. The number of halogens is 1. The first-order valence-corrected chi connectivity index (χ1v) is 8.67. The molecule has 1 aromatic heterocycles. The average Bonchev–Trinajstić information content (AvgIpc) is 3.27. The number of hydrogen-bond acceptors (Lipinski definition) is 5. The summed E-state index contributed by atoms with van der Waals surface area (Å²) in [5.41, 5.74) is 0. The van der Waals surface area contributed by atoms with Crippen molar-refractivity contribution in [3.8, 4) is 5.75 Å². The summed E-state index contributed by atoms with van der Waals surface area (Å²) in [6.07, 6.45) is 3.43. The van der Waals surface area contributed by atoms with Gasteiger partial charge in [-0.2, -0.15) is 4.98 Å². The summed E-state index contributed by atoms with van der Waals surface area (Å²) in [6.45, 7) is 3.04. The summed E-state index contributed by atoms with van der Waals surface area (Å²) in [5, 5.41) is 4.01. The van der Waals surface area contributed by atoms with Gasteiger partial charge in [0.25, 0.3) is 0 Å². The Morgan fingerprint density at radius 3 is 3.12 bits per heavy atom. The molecule has 134 valence electrons. The van der Waals surface area contributed by atoms with Crippen molar-refractivity contribution in [3.63, 3.8) is 0 Å². The number of benzene rings is 1. The second kappa shape index (κ2) is 8.09. The van der Waals surface area contributed by atoms with Crippen molar-refractivity contribution in [3.05, 3.63) is 41.8 Å². The molecule has 0 N–H and O–H groups in total. The number of nitrogens with zero attached hydrogens (tertiary/aromatic N) is 3. The molecule has 1 fully saturated rings. The monoisotopic (exact) mass is 347 g/mol. The highest BCUT2D eigenvalue weighted by molar-refractivity contribution is 5.76. The standard InChI is InChI=1S/C18H22FN3O3/c1-2-16-20-18(21-25-16)15-8-4-10-22(15)17(23)9-5-11-24-14-7-3-6-13(19)12-14/h3,6-7,12,15H,2,4-5,8-11H2,1H3/t15-/m1/s1. The lowest BCUT2D eigenvalue weighted by molar-refractivity contribution is -0.132. The van der Waals surface area contributed by atoms with Crippen LogP contribution in [0.1, 0.15) is 50.4 Å². The molecule has 1 atom stereocenters. The van der Waals surface area contributed by atoms with Gasteiger partial charge >= 0.3 is 0 Å². The van der Waals surface area contributed by atoms with Crippen LogP contribution < -0.4 is 4.74 Å². The first-order valence-electron chi connectivity index (χ1n) is 8.67. The molecule has 0 saturated carbocycles. The van der Waals surface area contributed by atoms with Gasteiger partial charge in [-0.1, -0.05) is 18.1 Å². The third-order valence-electron chi connectivity index (χ3n) is 4.26. The van der Waals surface area contributed by atoms with Crippen LogP contribution in [0, 0.1) is 5.82 Å². The van der Waals surface area contributed by atoms with Gasteiger partial charge in [-0.25, -0.2) is 4.39 Å². The molecular weight excluding hydrogens is 325 g/mol. The van der Waals surface area contributed by atoms with Gasteiger partial charge in [-0.15, -0.1) is 0 Å². The molecule has 2 aromatic rings. The molecule has 0 bridgehead atoms. The van der Waals surface area contributed by atoms with E-state index in [1.807, 2.05) is 11.8 Å². The lowest BCUT2D eigenvalue weighted by Gasteiger charge is -2.22. The molecule has 6 nitrogen and oxygen atoms in total. The summed E-state index contributed by atoms with van der Waals surface area (Å²) in [4.78, 5) is 18.7. The van der Waals surface area contributed by atoms with Crippen molar-refractivity contribution >= 4 is 5.91 Å². The Labute approximate surface area is 146 Å². The highest BCUT2D eigenvalue weighted by Gasteiger charge is 2.32. The van der Waals surface area contributed by atoms with E-state index in [0.717, 1.165) is 12.8 Å². The van der Waals surface area contributed by atoms with Crippen LogP contribution in [0.4, 0.5) is 4.39 Å². The number of aromatic nitrogens is 2. The summed E-state index contributed by atoms with van der Waals surface area (Å²) in [5.74, 6) is 1.40. The number of likely N-dealkylation sites (tertiary alicyclic amines) is 1. The predicted molar refractivity (Wildman–Crippen MR) is 88.5 cm³/mol. The van der Waals surface area contributed by atoms with E-state index >= 15 is 0 Å². The fourth-order valence-corrected chi connectivity index (χ4v) is 2.99. The highest BCUT2D eigenvalue weighted by atomic mass is 19.1. The molecule has 1 amide bonds. The van der Waals surface area contributed by atoms with Crippen LogP contribution in [0.25, 0.3) is 0 Å². The fraction of sp³-hybridized carbons (Fsp3) is 0.500. The molecule has 0 unspecified atom stereocenters. The summed E-state index contributed by atoms with van der Waals surface area (Å²) in [7, 11) is 0. The first kappa shape index (κ1) is 17.4. The smallest absolute Gasteiger partial charge is 0.226 e. The number of hydrogen-bond donors (Lipinski definition) is 0. The van der Waals surface area contributed by atoms with Crippen LogP contribution in [0.2, 0.25) is 0 Å². The van der Waals surface area contributed by atoms with Crippen molar-refractivity contribution in [2.24, 2.45) is 0 Å². The van der Waals surface area contributed by atoms with E-state index in [1.54, 1.807) is 12.1 Å². The Bertz CT molecular complexity index is 719. The Morgan fingerprint density at radius 2 is 2.36 bits per heavy atom. The fourth-order valence-electron chi connectivity index (χ4n) is 2.99. The molecule has 25 heavy (non-hydrogen) atoms. The number of ether oxygens (including phenoxy) is 1. The molecule has 1 aliphatic heterocycles. The lowest BCUT2D eigenvalue weighted by atomic mass is 10.2. The second-order valence-corrected chi connectivity index (χ2v) is 6.05. The number of carbonyl (C=O) groups is 1. The third kappa shape index (κ3) is 4.35. The van der Waals surface area contributed by atoms with E-state index in [4.69, 9.17) is 9.26 Å². The molecule has 0 radical (unpaired) electrons. The zero-order valence-electron chi connectivity index (χ0n) is 14.3. The minimum Gasteiger partial charge on any atom is -0.493 e. The van der Waals surface area contributed by atoms with Crippen LogP contribution in [0.15, 0.2) is 28.8 Å². The molecule has 0 spiro atoms. The van der Waals surface area contributed by atoms with Crippen molar-refractivity contribution in [1.29, 1.82) is 0 Å². The minimum absolute atomic E-state index is 0.0631. The molecular formula is C18H22FN3O3. The van der Waals surface area contributed by atoms with Crippen molar-refractivity contribution in [2.75, 3.05) is 13.2 Å². The molecule has 1 aliphatic rings. The van der Waals surface area contributed by atoms with Crippen molar-refractivity contribution in [2.45, 2.75) is 45.1 Å². The maximum atomic E-state index is 13.1. The van der Waals surface area contributed by atoms with Gasteiger partial charge in [-0.3, -0.25) is 4.79 Å². The molecule has 2 heterocycles. The van der Waals surface area contributed by atoms with Gasteiger partial charge in [-0.05, 0) is 31.4 Å². The first-order chi connectivity index (χ1) is 12.2. The van der Waals surface area contributed by atoms with E-state index < -0.39 is 0 Å². The van der Waals surface area contributed by atoms with Crippen molar-refractivity contribution < 1.29 is 18.4 Å². The van der Waals surface area contributed by atoms with Gasteiger partial charge in [0, 0.05) is 25.5 Å². The zero-order valence-corrected chi connectivity index (χ0v) is 14.3. The maximum absolute atomic E-state index is 13.1. The normalized spacial score (nSPS) is 17.0. The van der Waals surface area contributed by atoms with Gasteiger partial charge < -0.3 is 14.2 Å². The molecule has 3 rings (SSSR count). The van der Waals surface area contributed by atoms with E-state index in [9.17, 15) is 9.18 Å². The summed E-state index contributed by atoms with van der Waals surface area (Å²) >= 11 is 0. The van der Waals surface area contributed by atoms with E-state index in [1.165, 1.54) is 12.1 Å². The Morgan fingerprint density at radius 1 is 1.48 bits per heavy atom. The Hall–Kier alpha value is -2.44. The molecule has 1 aromatic carbocycles. The zero-order chi connectivity index (χ0) is 17.6.